The molecule has 2 heterocycles. The van der Waals surface area contributed by atoms with Crippen molar-refractivity contribution in [3.63, 3.8) is 0 Å². The monoisotopic (exact) mass is 258 g/mol. The van der Waals surface area contributed by atoms with E-state index >= 15 is 0 Å². The third kappa shape index (κ3) is 2.29. The van der Waals surface area contributed by atoms with Crippen molar-refractivity contribution in [1.82, 2.24) is 15.3 Å². The number of nitrogens with one attached hydrogen (secondary N) is 1. The third-order valence-corrected chi connectivity index (χ3v) is 4.17. The Kier molecular flexibility index (Phi) is 2.47. The van der Waals surface area contributed by atoms with E-state index in [2.05, 4.69) is 26.3 Å². The number of anilines is 1. The van der Waals surface area contributed by atoms with Crippen molar-refractivity contribution in [1.29, 1.82) is 0 Å². The minimum absolute atomic E-state index is 0.139. The molecular weight excluding hydrogens is 240 g/mol. The zero-order chi connectivity index (χ0) is 12.8. The van der Waals surface area contributed by atoms with E-state index in [1.54, 1.807) is 6.33 Å². The Morgan fingerprint density at radius 2 is 2.00 bits per heavy atom. The standard InChI is InChI=1S/C14H18N4O/c19-14(17-11-3-4-11)10-6-18(7-10)13-5-12(9-1-2-9)15-8-16-13/h5,8-11H,1-4,6-7H2,(H,17,19). The van der Waals surface area contributed by atoms with Gasteiger partial charge in [-0.1, -0.05) is 0 Å². The largest absolute Gasteiger partial charge is 0.355 e. The minimum atomic E-state index is 0.139. The van der Waals surface area contributed by atoms with E-state index < -0.39 is 0 Å². The van der Waals surface area contributed by atoms with E-state index in [1.165, 1.54) is 12.8 Å². The van der Waals surface area contributed by atoms with Crippen LogP contribution in [0.5, 0.6) is 0 Å². The van der Waals surface area contributed by atoms with Crippen LogP contribution in [0, 0.1) is 5.92 Å². The summed E-state index contributed by atoms with van der Waals surface area (Å²) in [5.74, 6) is 1.99. The Bertz CT molecular complexity index is 504. The van der Waals surface area contributed by atoms with Crippen molar-refractivity contribution in [2.75, 3.05) is 18.0 Å². The molecule has 1 amide bonds. The summed E-state index contributed by atoms with van der Waals surface area (Å²) in [6.45, 7) is 1.58. The van der Waals surface area contributed by atoms with Crippen molar-refractivity contribution in [2.24, 2.45) is 5.92 Å². The van der Waals surface area contributed by atoms with E-state index in [0.29, 0.717) is 12.0 Å². The van der Waals surface area contributed by atoms with Crippen LogP contribution < -0.4 is 10.2 Å². The molecule has 3 fully saturated rings. The van der Waals surface area contributed by atoms with Crippen LogP contribution in [0.3, 0.4) is 0 Å². The summed E-state index contributed by atoms with van der Waals surface area (Å²) in [5, 5.41) is 3.07. The van der Waals surface area contributed by atoms with Gasteiger partial charge in [-0.05, 0) is 25.7 Å². The maximum Gasteiger partial charge on any atom is 0.226 e. The van der Waals surface area contributed by atoms with Crippen molar-refractivity contribution in [2.45, 2.75) is 37.6 Å². The van der Waals surface area contributed by atoms with E-state index in [9.17, 15) is 4.79 Å². The number of amides is 1. The molecule has 0 aromatic carbocycles. The van der Waals surface area contributed by atoms with Gasteiger partial charge in [-0.15, -0.1) is 0 Å². The molecule has 2 aliphatic carbocycles. The summed E-state index contributed by atoms with van der Waals surface area (Å²) >= 11 is 0. The number of rotatable bonds is 4. The molecule has 1 aliphatic heterocycles. The summed E-state index contributed by atoms with van der Waals surface area (Å²) in [7, 11) is 0. The Hall–Kier alpha value is -1.65. The van der Waals surface area contributed by atoms with Crippen LogP contribution in [0.4, 0.5) is 5.82 Å². The predicted octanol–water partition coefficient (Wildman–Crippen LogP) is 1.07. The fraction of sp³-hybridized carbons (Fsp3) is 0.643. The first kappa shape index (κ1) is 11.2. The lowest BCUT2D eigenvalue weighted by molar-refractivity contribution is -0.125. The summed E-state index contributed by atoms with van der Waals surface area (Å²) in [5.41, 5.74) is 1.16. The molecule has 3 aliphatic rings. The SMILES string of the molecule is O=C(NC1CC1)C1CN(c2cc(C3CC3)ncn2)C1. The Balaban J connectivity index is 1.36. The van der Waals surface area contributed by atoms with Gasteiger partial charge in [0.1, 0.15) is 12.1 Å². The molecule has 4 rings (SSSR count). The quantitative estimate of drug-likeness (QED) is 0.877. The van der Waals surface area contributed by atoms with Gasteiger partial charge in [0.05, 0.1) is 5.92 Å². The zero-order valence-corrected chi connectivity index (χ0v) is 10.9. The number of nitrogens with zero attached hydrogens (tertiary/aromatic N) is 3. The van der Waals surface area contributed by atoms with Crippen LogP contribution in [0.25, 0.3) is 0 Å². The zero-order valence-electron chi connectivity index (χ0n) is 10.9. The first-order chi connectivity index (χ1) is 9.29. The Morgan fingerprint density at radius 3 is 2.68 bits per heavy atom. The van der Waals surface area contributed by atoms with Gasteiger partial charge in [0.2, 0.25) is 5.91 Å². The molecule has 5 heteroatoms. The highest BCUT2D eigenvalue weighted by Gasteiger charge is 2.36. The maximum absolute atomic E-state index is 11.9. The van der Waals surface area contributed by atoms with E-state index in [4.69, 9.17) is 0 Å². The smallest absolute Gasteiger partial charge is 0.226 e. The van der Waals surface area contributed by atoms with Gasteiger partial charge >= 0.3 is 0 Å². The van der Waals surface area contributed by atoms with Crippen molar-refractivity contribution < 1.29 is 4.79 Å². The molecule has 1 aromatic heterocycles. The molecule has 2 saturated carbocycles. The lowest BCUT2D eigenvalue weighted by Gasteiger charge is -2.39. The molecule has 0 atom stereocenters. The molecule has 0 unspecified atom stereocenters. The number of hydrogen-bond donors (Lipinski definition) is 1. The highest BCUT2D eigenvalue weighted by molar-refractivity contribution is 5.82. The molecule has 0 bridgehead atoms. The van der Waals surface area contributed by atoms with E-state index in [0.717, 1.165) is 37.4 Å². The molecule has 100 valence electrons. The third-order valence-electron chi connectivity index (χ3n) is 4.17. The van der Waals surface area contributed by atoms with Gasteiger partial charge in [0, 0.05) is 36.8 Å². The second kappa shape index (κ2) is 4.18. The second-order valence-corrected chi connectivity index (χ2v) is 5.96. The average Bonchev–Trinajstić information content (AvgIpc) is 3.22. The number of hydrogen-bond acceptors (Lipinski definition) is 4. The molecule has 5 nitrogen and oxygen atoms in total. The maximum atomic E-state index is 11.9. The van der Waals surface area contributed by atoms with Gasteiger partial charge in [-0.2, -0.15) is 0 Å². The number of aromatic nitrogens is 2. The van der Waals surface area contributed by atoms with Gasteiger partial charge in [0.25, 0.3) is 0 Å². The Morgan fingerprint density at radius 1 is 1.21 bits per heavy atom. The van der Waals surface area contributed by atoms with Crippen LogP contribution in [-0.2, 0) is 4.79 Å². The molecule has 1 saturated heterocycles. The van der Waals surface area contributed by atoms with Gasteiger partial charge < -0.3 is 10.2 Å². The number of carbonyl (C=O) groups is 1. The van der Waals surface area contributed by atoms with Gasteiger partial charge in [-0.3, -0.25) is 4.79 Å². The average molecular weight is 258 g/mol. The van der Waals surface area contributed by atoms with Crippen LogP contribution >= 0.6 is 0 Å². The molecular formula is C14H18N4O. The highest BCUT2D eigenvalue weighted by atomic mass is 16.2. The van der Waals surface area contributed by atoms with Crippen molar-refractivity contribution in [3.8, 4) is 0 Å². The van der Waals surface area contributed by atoms with Crippen LogP contribution in [0.15, 0.2) is 12.4 Å². The molecule has 1 aromatic rings. The van der Waals surface area contributed by atoms with Crippen molar-refractivity contribution >= 4 is 11.7 Å². The lowest BCUT2D eigenvalue weighted by atomic mass is 9.99. The van der Waals surface area contributed by atoms with E-state index in [-0.39, 0.29) is 11.8 Å². The van der Waals surface area contributed by atoms with Crippen LogP contribution in [-0.4, -0.2) is 35.0 Å². The van der Waals surface area contributed by atoms with Crippen LogP contribution in [0.2, 0.25) is 0 Å². The van der Waals surface area contributed by atoms with Crippen LogP contribution in [0.1, 0.15) is 37.3 Å². The summed E-state index contributed by atoms with van der Waals surface area (Å²) < 4.78 is 0. The summed E-state index contributed by atoms with van der Waals surface area (Å²) in [4.78, 5) is 22.7. The highest BCUT2D eigenvalue weighted by Crippen LogP contribution is 2.39. The van der Waals surface area contributed by atoms with E-state index in [1.807, 2.05) is 0 Å². The fourth-order valence-electron chi connectivity index (χ4n) is 2.51. The number of carbonyl (C=O) groups excluding carboxylic acids is 1. The van der Waals surface area contributed by atoms with Gasteiger partial charge in [0.15, 0.2) is 0 Å². The predicted molar refractivity (Wildman–Crippen MR) is 70.9 cm³/mol. The first-order valence-electron chi connectivity index (χ1n) is 7.17. The topological polar surface area (TPSA) is 58.1 Å². The minimum Gasteiger partial charge on any atom is -0.355 e. The Labute approximate surface area is 112 Å². The molecule has 19 heavy (non-hydrogen) atoms. The summed E-state index contributed by atoms with van der Waals surface area (Å²) in [6.07, 6.45) is 6.46. The molecule has 1 N–H and O–H groups in total. The molecule has 0 spiro atoms. The lowest BCUT2D eigenvalue weighted by Crippen LogP contribution is -2.54. The second-order valence-electron chi connectivity index (χ2n) is 5.96. The first-order valence-corrected chi connectivity index (χ1v) is 7.17. The summed E-state index contributed by atoms with van der Waals surface area (Å²) in [6, 6.07) is 2.55. The molecule has 0 radical (unpaired) electrons. The van der Waals surface area contributed by atoms with Gasteiger partial charge in [-0.25, -0.2) is 9.97 Å². The normalized spacial score (nSPS) is 23.1. The van der Waals surface area contributed by atoms with Crippen molar-refractivity contribution in [3.05, 3.63) is 18.1 Å². The fourth-order valence-corrected chi connectivity index (χ4v) is 2.51.